The van der Waals surface area contributed by atoms with Crippen molar-refractivity contribution in [3.63, 3.8) is 0 Å². The van der Waals surface area contributed by atoms with Gasteiger partial charge in [0.25, 0.3) is 0 Å². The molecule has 0 bridgehead atoms. The molecule has 2 heteroatoms. The Hall–Kier alpha value is -5.60. The van der Waals surface area contributed by atoms with Crippen LogP contribution in [-0.4, -0.2) is 6.10 Å². The van der Waals surface area contributed by atoms with Gasteiger partial charge in [-0.05, 0) is 174 Å². The minimum Gasteiger partial charge on any atom is -0.485 e. The summed E-state index contributed by atoms with van der Waals surface area (Å²) in [5.41, 5.74) is 23.0. The van der Waals surface area contributed by atoms with Gasteiger partial charge in [0.05, 0.1) is 0 Å². The molecule has 4 aromatic rings. The summed E-state index contributed by atoms with van der Waals surface area (Å²) in [5.74, 6) is 4.17. The highest BCUT2D eigenvalue weighted by molar-refractivity contribution is 5.97. The Morgan fingerprint density at radius 1 is 0.667 bits per heavy atom. The second kappa shape index (κ2) is 14.0. The van der Waals surface area contributed by atoms with Crippen LogP contribution < -0.4 is 0 Å². The van der Waals surface area contributed by atoms with Gasteiger partial charge in [-0.15, -0.1) is 0 Å². The lowest BCUT2D eigenvalue weighted by molar-refractivity contribution is 0.179. The molecule has 2 nitrogen and oxygen atoms in total. The highest BCUT2D eigenvalue weighted by Crippen LogP contribution is 2.56. The number of ether oxygens (including phenoxy) is 1. The van der Waals surface area contributed by atoms with E-state index in [2.05, 4.69) is 127 Å². The molecule has 0 radical (unpaired) electrons. The van der Waals surface area contributed by atoms with Crippen molar-refractivity contribution >= 4 is 39.8 Å². The Morgan fingerprint density at radius 2 is 1.57 bits per heavy atom. The van der Waals surface area contributed by atoms with E-state index in [0.717, 1.165) is 62.0 Å². The van der Waals surface area contributed by atoms with Crippen LogP contribution in [0, 0.1) is 17.8 Å². The topological polar surface area (TPSA) is 22.4 Å². The number of furan rings is 1. The van der Waals surface area contributed by atoms with Crippen molar-refractivity contribution in [2.24, 2.45) is 17.8 Å². The first-order valence-corrected chi connectivity index (χ1v) is 23.2. The molecule has 60 heavy (non-hydrogen) atoms. The van der Waals surface area contributed by atoms with Crippen molar-refractivity contribution < 1.29 is 9.15 Å². The lowest BCUT2D eigenvalue weighted by Crippen LogP contribution is -2.27. The Balaban J connectivity index is 0.844. The number of fused-ring (bicyclic) bond motifs is 10. The van der Waals surface area contributed by atoms with E-state index in [-0.39, 0.29) is 6.10 Å². The van der Waals surface area contributed by atoms with Crippen molar-refractivity contribution in [3.05, 3.63) is 194 Å². The molecule has 1 fully saturated rings. The summed E-state index contributed by atoms with van der Waals surface area (Å²) in [6, 6.07) is 23.7. The maximum Gasteiger partial charge on any atom is 0.135 e. The van der Waals surface area contributed by atoms with E-state index in [4.69, 9.17) is 9.15 Å². The van der Waals surface area contributed by atoms with Crippen LogP contribution in [-0.2, 0) is 17.6 Å². The molecular weight excluding hydrogens is 729 g/mol. The van der Waals surface area contributed by atoms with E-state index in [1.165, 1.54) is 105 Å². The van der Waals surface area contributed by atoms with Crippen LogP contribution in [0.1, 0.15) is 121 Å². The second-order valence-corrected chi connectivity index (χ2v) is 18.8. The maximum atomic E-state index is 6.73. The highest BCUT2D eigenvalue weighted by Gasteiger charge is 2.42. The van der Waals surface area contributed by atoms with Crippen LogP contribution in [0.5, 0.6) is 0 Å². The Kier molecular flexibility index (Phi) is 8.20. The zero-order valence-corrected chi connectivity index (χ0v) is 34.5. The lowest BCUT2D eigenvalue weighted by atomic mass is 9.62. The van der Waals surface area contributed by atoms with E-state index in [9.17, 15) is 0 Å². The molecular formula is C58H52O2. The van der Waals surface area contributed by atoms with Crippen molar-refractivity contribution in [1.29, 1.82) is 0 Å². The van der Waals surface area contributed by atoms with Gasteiger partial charge in [0, 0.05) is 34.8 Å². The van der Waals surface area contributed by atoms with Crippen LogP contribution in [0.15, 0.2) is 153 Å². The minimum absolute atomic E-state index is 0.122. The van der Waals surface area contributed by atoms with E-state index >= 15 is 0 Å². The van der Waals surface area contributed by atoms with Gasteiger partial charge in [-0.1, -0.05) is 115 Å². The third-order valence-electron chi connectivity index (χ3n) is 15.7. The molecule has 13 rings (SSSR count). The predicted molar refractivity (Wildman–Crippen MR) is 247 cm³/mol. The summed E-state index contributed by atoms with van der Waals surface area (Å²) >= 11 is 0. The Bertz CT molecular complexity index is 2840. The van der Waals surface area contributed by atoms with Crippen LogP contribution in [0.3, 0.4) is 0 Å². The fourth-order valence-corrected chi connectivity index (χ4v) is 13.0. The van der Waals surface area contributed by atoms with Gasteiger partial charge in [0.1, 0.15) is 23.2 Å². The molecule has 0 spiro atoms. The van der Waals surface area contributed by atoms with Crippen molar-refractivity contribution in [1.82, 2.24) is 0 Å². The molecule has 5 unspecified atom stereocenters. The van der Waals surface area contributed by atoms with Crippen molar-refractivity contribution in [2.75, 3.05) is 0 Å². The number of hydrogen-bond acceptors (Lipinski definition) is 2. The summed E-state index contributed by atoms with van der Waals surface area (Å²) in [5, 5.41) is 1.35. The van der Waals surface area contributed by atoms with Crippen LogP contribution in [0.2, 0.25) is 0 Å². The average molecular weight is 781 g/mol. The Morgan fingerprint density at radius 3 is 2.55 bits per heavy atom. The fraction of sp³-hybridized carbons (Fsp3) is 0.310. The van der Waals surface area contributed by atoms with Crippen LogP contribution in [0.25, 0.3) is 39.8 Å². The van der Waals surface area contributed by atoms with Crippen LogP contribution >= 0.6 is 0 Å². The molecule has 5 atom stereocenters. The molecule has 296 valence electrons. The molecule has 8 aliphatic carbocycles. The molecule has 0 amide bonds. The summed E-state index contributed by atoms with van der Waals surface area (Å²) in [7, 11) is 0. The van der Waals surface area contributed by atoms with Gasteiger partial charge in [-0.2, -0.15) is 0 Å². The lowest BCUT2D eigenvalue weighted by Gasteiger charge is -2.42. The fourth-order valence-electron chi connectivity index (χ4n) is 13.0. The van der Waals surface area contributed by atoms with E-state index in [1.807, 2.05) is 0 Å². The van der Waals surface area contributed by atoms with E-state index in [1.54, 1.807) is 22.3 Å². The number of aryl methyl sites for hydroxylation is 2. The van der Waals surface area contributed by atoms with Gasteiger partial charge in [0.2, 0.25) is 0 Å². The number of allylic oxidation sites excluding steroid dienone is 14. The highest BCUT2D eigenvalue weighted by atomic mass is 16.5. The average Bonchev–Trinajstić information content (AvgIpc) is 3.89. The standard InChI is InChI=1S/C58H52O2/c1-3-17-43-35(11-1)25-29-51-57(43)49-27-23-39(33-53(49)59-51)37-13-9-15-41(31-37)55-45-19-5-7-21-47(45)56(48-22-8-6-20-46(48)55)42-16-10-14-38(32-42)40-24-28-50-54(34-40)60-52-30-26-36-12-2-4-18-44(36)58(50)52/h1,4-5,9-11,13-16,18-19,23,25-27,29-32,34-35,43,46,53,55H,2-3,6-8,12,17,20-22,24,28,33H2. The third-order valence-corrected chi connectivity index (χ3v) is 15.7. The number of rotatable bonds is 4. The molecule has 0 N–H and O–H groups in total. The Labute approximate surface area is 354 Å². The first kappa shape index (κ1) is 35.2. The van der Waals surface area contributed by atoms with Crippen molar-refractivity contribution in [2.45, 2.75) is 95.5 Å². The zero-order chi connectivity index (χ0) is 39.3. The van der Waals surface area contributed by atoms with E-state index in [0.29, 0.717) is 23.7 Å². The van der Waals surface area contributed by atoms with Gasteiger partial charge in [0.15, 0.2) is 0 Å². The van der Waals surface area contributed by atoms with Gasteiger partial charge >= 0.3 is 0 Å². The first-order valence-electron chi connectivity index (χ1n) is 23.2. The zero-order valence-electron chi connectivity index (χ0n) is 34.5. The second-order valence-electron chi connectivity index (χ2n) is 18.8. The third kappa shape index (κ3) is 5.52. The molecule has 1 aromatic heterocycles. The SMILES string of the molecule is C1=CC2=C(CC1)C(c1cccc(C3=Cc4oc5ccc6c(c5c4CC3)C=CCC6)c1)=C1CCCCC1C2c1cccc(C2=CC=C3C4=C(C=CC5C=CCCC45)OC3C2)c1. The monoisotopic (exact) mass is 780 g/mol. The van der Waals surface area contributed by atoms with Crippen molar-refractivity contribution in [3.8, 4) is 0 Å². The quantitative estimate of drug-likeness (QED) is 0.193. The van der Waals surface area contributed by atoms with Gasteiger partial charge < -0.3 is 9.15 Å². The normalized spacial score (nSPS) is 27.3. The largest absolute Gasteiger partial charge is 0.485 e. The van der Waals surface area contributed by atoms with Gasteiger partial charge in [-0.3, -0.25) is 0 Å². The summed E-state index contributed by atoms with van der Waals surface area (Å²) in [6.07, 6.45) is 41.2. The number of hydrogen-bond donors (Lipinski definition) is 0. The van der Waals surface area contributed by atoms with Crippen LogP contribution in [0.4, 0.5) is 0 Å². The molecule has 0 saturated heterocycles. The first-order chi connectivity index (χ1) is 29.7. The maximum absolute atomic E-state index is 6.73. The summed E-state index contributed by atoms with van der Waals surface area (Å²) in [6.45, 7) is 0. The molecule has 9 aliphatic rings. The van der Waals surface area contributed by atoms with E-state index < -0.39 is 0 Å². The molecule has 3 aromatic carbocycles. The minimum atomic E-state index is 0.122. The molecule has 1 aliphatic heterocycles. The summed E-state index contributed by atoms with van der Waals surface area (Å²) < 4.78 is 13.3. The summed E-state index contributed by atoms with van der Waals surface area (Å²) in [4.78, 5) is 0. The predicted octanol–water partition coefficient (Wildman–Crippen LogP) is 14.8. The number of benzene rings is 3. The molecule has 2 heterocycles. The van der Waals surface area contributed by atoms with Gasteiger partial charge in [-0.25, -0.2) is 0 Å². The smallest absolute Gasteiger partial charge is 0.135 e. The molecule has 1 saturated carbocycles.